The van der Waals surface area contributed by atoms with Crippen LogP contribution >= 0.6 is 11.8 Å². The molecule has 0 saturated heterocycles. The lowest BCUT2D eigenvalue weighted by Gasteiger charge is -2.11. The monoisotopic (exact) mass is 386 g/mol. The highest BCUT2D eigenvalue weighted by Gasteiger charge is 2.12. The van der Waals surface area contributed by atoms with Crippen LogP contribution in [0.1, 0.15) is 11.3 Å². The number of aromatic amines is 1. The Hall–Kier alpha value is -2.62. The topological polar surface area (TPSA) is 90.5 Å². The number of nitrogens with one attached hydrogen (secondary N) is 1. The number of H-pyrrole nitrogens is 1. The molecule has 26 heavy (non-hydrogen) atoms. The van der Waals surface area contributed by atoms with Crippen molar-refractivity contribution in [2.75, 3.05) is 14.2 Å². The maximum Gasteiger partial charge on any atom is 0.387 e. The highest BCUT2D eigenvalue weighted by Crippen LogP contribution is 2.31. The standard InChI is InChI=1S/C16H16F2N2O5S/c1-23-12-5-9(3-4-11(12)25-15(17)18)8-26-16-19-10(6-13(21)20-16)7-14(22)24-2/h3-6,15H,7-8H2,1-2H3,(H,19,20,21). The highest BCUT2D eigenvalue weighted by molar-refractivity contribution is 7.98. The molecule has 7 nitrogen and oxygen atoms in total. The largest absolute Gasteiger partial charge is 0.493 e. The summed E-state index contributed by atoms with van der Waals surface area (Å²) >= 11 is 1.21. The Balaban J connectivity index is 2.11. The molecule has 1 N–H and O–H groups in total. The molecule has 0 aliphatic heterocycles. The van der Waals surface area contributed by atoms with E-state index in [1.807, 2.05) is 0 Å². The third-order valence-electron chi connectivity index (χ3n) is 3.15. The molecule has 0 bridgehead atoms. The third kappa shape index (κ3) is 5.73. The molecular formula is C16H16F2N2O5S. The summed E-state index contributed by atoms with van der Waals surface area (Å²) in [7, 11) is 2.60. The SMILES string of the molecule is COC(=O)Cc1cc(=O)[nH]c(SCc2ccc(OC(F)F)c(OC)c2)n1. The Morgan fingerprint density at radius 3 is 2.69 bits per heavy atom. The smallest absolute Gasteiger partial charge is 0.387 e. The zero-order chi connectivity index (χ0) is 19.1. The predicted octanol–water partition coefficient (Wildman–Crippen LogP) is 2.39. The van der Waals surface area contributed by atoms with E-state index in [0.717, 1.165) is 5.56 Å². The molecule has 10 heteroatoms. The lowest BCUT2D eigenvalue weighted by molar-refractivity contribution is -0.139. The first kappa shape index (κ1) is 19.7. The van der Waals surface area contributed by atoms with Crippen LogP contribution in [0, 0.1) is 0 Å². The number of hydrogen-bond donors (Lipinski definition) is 1. The Kier molecular flexibility index (Phi) is 6.96. The third-order valence-corrected chi connectivity index (χ3v) is 4.09. The normalized spacial score (nSPS) is 10.7. The van der Waals surface area contributed by atoms with Crippen LogP contribution in [-0.4, -0.2) is 36.8 Å². The average molecular weight is 386 g/mol. The number of thioether (sulfide) groups is 1. The van der Waals surface area contributed by atoms with Gasteiger partial charge in [0.15, 0.2) is 16.7 Å². The summed E-state index contributed by atoms with van der Waals surface area (Å²) in [6.45, 7) is -2.95. The van der Waals surface area contributed by atoms with E-state index >= 15 is 0 Å². The lowest BCUT2D eigenvalue weighted by atomic mass is 10.2. The number of aromatic nitrogens is 2. The zero-order valence-corrected chi connectivity index (χ0v) is 14.8. The fourth-order valence-electron chi connectivity index (χ4n) is 2.01. The van der Waals surface area contributed by atoms with E-state index in [0.29, 0.717) is 16.6 Å². The molecule has 1 heterocycles. The number of methoxy groups -OCH3 is 2. The number of halogens is 2. The maximum atomic E-state index is 12.3. The van der Waals surface area contributed by atoms with Gasteiger partial charge in [-0.3, -0.25) is 9.59 Å². The van der Waals surface area contributed by atoms with Crippen molar-refractivity contribution in [1.82, 2.24) is 9.97 Å². The van der Waals surface area contributed by atoms with Gasteiger partial charge in [-0.15, -0.1) is 0 Å². The first-order valence-corrected chi connectivity index (χ1v) is 8.31. The second-order valence-electron chi connectivity index (χ2n) is 4.95. The molecule has 0 radical (unpaired) electrons. The van der Waals surface area contributed by atoms with Crippen molar-refractivity contribution in [1.29, 1.82) is 0 Å². The number of nitrogens with zero attached hydrogens (tertiary/aromatic N) is 1. The van der Waals surface area contributed by atoms with Crippen LogP contribution in [0.5, 0.6) is 11.5 Å². The quantitative estimate of drug-likeness (QED) is 0.423. The second-order valence-corrected chi connectivity index (χ2v) is 5.91. The van der Waals surface area contributed by atoms with E-state index in [1.165, 1.54) is 38.1 Å². The van der Waals surface area contributed by atoms with Crippen molar-refractivity contribution >= 4 is 17.7 Å². The molecule has 2 aromatic rings. The number of esters is 1. The Morgan fingerprint density at radius 2 is 2.04 bits per heavy atom. The van der Waals surface area contributed by atoms with Gasteiger partial charge in [0, 0.05) is 11.8 Å². The minimum Gasteiger partial charge on any atom is -0.493 e. The highest BCUT2D eigenvalue weighted by atomic mass is 32.2. The minimum atomic E-state index is -2.95. The average Bonchev–Trinajstić information content (AvgIpc) is 2.59. The maximum absolute atomic E-state index is 12.3. The summed E-state index contributed by atoms with van der Waals surface area (Å²) in [6.07, 6.45) is -0.110. The number of rotatable bonds is 8. The molecule has 0 aliphatic rings. The summed E-state index contributed by atoms with van der Waals surface area (Å²) in [6, 6.07) is 5.76. The van der Waals surface area contributed by atoms with Crippen molar-refractivity contribution < 1.29 is 27.8 Å². The molecule has 0 unspecified atom stereocenters. The van der Waals surface area contributed by atoms with Crippen LogP contribution < -0.4 is 15.0 Å². The number of carbonyl (C=O) groups excluding carboxylic acids is 1. The van der Waals surface area contributed by atoms with Crippen LogP contribution in [0.25, 0.3) is 0 Å². The Labute approximate surface area is 151 Å². The van der Waals surface area contributed by atoms with E-state index in [2.05, 4.69) is 19.4 Å². The Morgan fingerprint density at radius 1 is 1.27 bits per heavy atom. The molecule has 1 aromatic carbocycles. The van der Waals surface area contributed by atoms with E-state index in [1.54, 1.807) is 12.1 Å². The number of carbonyl (C=O) groups is 1. The summed E-state index contributed by atoms with van der Waals surface area (Å²) in [5.74, 6) is -0.0128. The van der Waals surface area contributed by atoms with Crippen LogP contribution in [0.4, 0.5) is 8.78 Å². The predicted molar refractivity (Wildman–Crippen MR) is 89.8 cm³/mol. The molecule has 140 valence electrons. The summed E-state index contributed by atoms with van der Waals surface area (Å²) < 4.78 is 38.6. The molecule has 2 rings (SSSR count). The molecule has 0 amide bonds. The fourth-order valence-corrected chi connectivity index (χ4v) is 2.85. The van der Waals surface area contributed by atoms with Gasteiger partial charge < -0.3 is 19.2 Å². The van der Waals surface area contributed by atoms with E-state index < -0.39 is 12.6 Å². The molecule has 0 spiro atoms. The van der Waals surface area contributed by atoms with Gasteiger partial charge in [-0.1, -0.05) is 17.8 Å². The number of alkyl halides is 2. The van der Waals surface area contributed by atoms with Crippen molar-refractivity contribution in [3.63, 3.8) is 0 Å². The van der Waals surface area contributed by atoms with Gasteiger partial charge in [0.2, 0.25) is 0 Å². The van der Waals surface area contributed by atoms with Gasteiger partial charge >= 0.3 is 12.6 Å². The van der Waals surface area contributed by atoms with Crippen molar-refractivity contribution in [3.8, 4) is 11.5 Å². The fraction of sp³-hybridized carbons (Fsp3) is 0.312. The van der Waals surface area contributed by atoms with E-state index in [4.69, 9.17) is 4.74 Å². The van der Waals surface area contributed by atoms with Gasteiger partial charge in [0.05, 0.1) is 26.3 Å². The first-order chi connectivity index (χ1) is 12.4. The number of hydrogen-bond acceptors (Lipinski definition) is 7. The molecule has 0 fully saturated rings. The molecule has 0 atom stereocenters. The van der Waals surface area contributed by atoms with Gasteiger partial charge in [0.25, 0.3) is 5.56 Å². The van der Waals surface area contributed by atoms with Crippen LogP contribution in [0.15, 0.2) is 34.2 Å². The minimum absolute atomic E-state index is 0.0668. The first-order valence-electron chi connectivity index (χ1n) is 7.33. The molecular weight excluding hydrogens is 370 g/mol. The molecule has 1 aromatic heterocycles. The van der Waals surface area contributed by atoms with Crippen LogP contribution in [-0.2, 0) is 21.7 Å². The lowest BCUT2D eigenvalue weighted by Crippen LogP contribution is -2.13. The van der Waals surface area contributed by atoms with Crippen molar-refractivity contribution in [2.24, 2.45) is 0 Å². The second kappa shape index (κ2) is 9.18. The summed E-state index contributed by atoms with van der Waals surface area (Å²) in [5, 5.41) is 0.322. The van der Waals surface area contributed by atoms with Gasteiger partial charge in [-0.25, -0.2) is 4.98 Å². The van der Waals surface area contributed by atoms with Crippen molar-refractivity contribution in [2.45, 2.75) is 23.9 Å². The molecule has 0 saturated carbocycles. The van der Waals surface area contributed by atoms with E-state index in [9.17, 15) is 18.4 Å². The van der Waals surface area contributed by atoms with Gasteiger partial charge in [-0.05, 0) is 17.7 Å². The zero-order valence-electron chi connectivity index (χ0n) is 14.0. The summed E-state index contributed by atoms with van der Waals surface area (Å²) in [4.78, 5) is 29.7. The van der Waals surface area contributed by atoms with Gasteiger partial charge in [-0.2, -0.15) is 8.78 Å². The van der Waals surface area contributed by atoms with Crippen molar-refractivity contribution in [3.05, 3.63) is 45.9 Å². The molecule has 0 aliphatic carbocycles. The number of benzene rings is 1. The van der Waals surface area contributed by atoms with Gasteiger partial charge in [0.1, 0.15) is 0 Å². The Bertz CT molecular complexity index is 829. The van der Waals surface area contributed by atoms with Crippen LogP contribution in [0.3, 0.4) is 0 Å². The van der Waals surface area contributed by atoms with E-state index in [-0.39, 0.29) is 23.5 Å². The number of ether oxygens (including phenoxy) is 3. The summed E-state index contributed by atoms with van der Waals surface area (Å²) in [5.41, 5.74) is 0.649. The van der Waals surface area contributed by atoms with Crippen LogP contribution in [0.2, 0.25) is 0 Å².